The predicted octanol–water partition coefficient (Wildman–Crippen LogP) is 3.99. The van der Waals surface area contributed by atoms with Crippen LogP contribution in [-0.2, 0) is 0 Å². The standard InChI is InChI=1S/C19H30N2/c1-2-8-18-15-21(14-16-9-6-7-10-16)19(13-20-18)17-11-4-3-5-12-17/h3-5,11-12,16,18-20H,2,6-10,13-15H2,1H3. The third kappa shape index (κ3) is 3.87. The van der Waals surface area contributed by atoms with E-state index in [0.717, 1.165) is 12.5 Å². The van der Waals surface area contributed by atoms with E-state index in [2.05, 4.69) is 47.5 Å². The zero-order valence-corrected chi connectivity index (χ0v) is 13.4. The first-order chi connectivity index (χ1) is 10.4. The highest BCUT2D eigenvalue weighted by Gasteiger charge is 2.30. The highest BCUT2D eigenvalue weighted by molar-refractivity contribution is 5.20. The highest BCUT2D eigenvalue weighted by atomic mass is 15.2. The average Bonchev–Trinajstić information content (AvgIpc) is 3.02. The van der Waals surface area contributed by atoms with Crippen molar-refractivity contribution in [1.82, 2.24) is 10.2 Å². The fourth-order valence-electron chi connectivity index (χ4n) is 4.15. The van der Waals surface area contributed by atoms with Gasteiger partial charge in [0.05, 0.1) is 0 Å². The van der Waals surface area contributed by atoms with Gasteiger partial charge in [-0.3, -0.25) is 4.90 Å². The summed E-state index contributed by atoms with van der Waals surface area (Å²) in [6.45, 7) is 5.94. The van der Waals surface area contributed by atoms with Crippen LogP contribution in [0.5, 0.6) is 0 Å². The lowest BCUT2D eigenvalue weighted by molar-refractivity contribution is 0.107. The van der Waals surface area contributed by atoms with Crippen LogP contribution in [0.15, 0.2) is 30.3 Å². The molecule has 2 heteroatoms. The van der Waals surface area contributed by atoms with Crippen molar-refractivity contribution in [1.29, 1.82) is 0 Å². The molecule has 2 aliphatic rings. The van der Waals surface area contributed by atoms with Gasteiger partial charge < -0.3 is 5.32 Å². The van der Waals surface area contributed by atoms with Gasteiger partial charge in [-0.25, -0.2) is 0 Å². The average molecular weight is 286 g/mol. The maximum absolute atomic E-state index is 3.78. The summed E-state index contributed by atoms with van der Waals surface area (Å²) < 4.78 is 0. The summed E-state index contributed by atoms with van der Waals surface area (Å²) in [6.07, 6.45) is 8.39. The Bertz CT molecular complexity index is 411. The van der Waals surface area contributed by atoms with Crippen LogP contribution >= 0.6 is 0 Å². The van der Waals surface area contributed by atoms with E-state index in [9.17, 15) is 0 Å². The molecule has 2 unspecified atom stereocenters. The fraction of sp³-hybridized carbons (Fsp3) is 0.684. The maximum atomic E-state index is 3.78. The molecule has 1 saturated carbocycles. The first-order valence-electron chi connectivity index (χ1n) is 8.89. The van der Waals surface area contributed by atoms with E-state index >= 15 is 0 Å². The lowest BCUT2D eigenvalue weighted by Gasteiger charge is -2.42. The Labute approximate surface area is 129 Å². The minimum Gasteiger partial charge on any atom is -0.311 e. The van der Waals surface area contributed by atoms with Gasteiger partial charge in [-0.05, 0) is 30.7 Å². The summed E-state index contributed by atoms with van der Waals surface area (Å²) in [5, 5.41) is 3.78. The predicted molar refractivity (Wildman–Crippen MR) is 89.4 cm³/mol. The maximum Gasteiger partial charge on any atom is 0.0473 e. The second-order valence-corrected chi connectivity index (χ2v) is 6.92. The Morgan fingerprint density at radius 2 is 1.90 bits per heavy atom. The van der Waals surface area contributed by atoms with Crippen LogP contribution in [0.1, 0.15) is 57.1 Å². The molecule has 0 aromatic heterocycles. The zero-order valence-electron chi connectivity index (χ0n) is 13.4. The third-order valence-electron chi connectivity index (χ3n) is 5.28. The summed E-state index contributed by atoms with van der Waals surface area (Å²) >= 11 is 0. The smallest absolute Gasteiger partial charge is 0.0473 e. The molecular weight excluding hydrogens is 256 g/mol. The Morgan fingerprint density at radius 3 is 2.62 bits per heavy atom. The molecular formula is C19H30N2. The monoisotopic (exact) mass is 286 g/mol. The van der Waals surface area contributed by atoms with Crippen molar-refractivity contribution < 1.29 is 0 Å². The lowest BCUT2D eigenvalue weighted by atomic mass is 9.97. The molecule has 0 spiro atoms. The molecule has 3 rings (SSSR count). The molecule has 1 aliphatic heterocycles. The molecule has 2 nitrogen and oxygen atoms in total. The lowest BCUT2D eigenvalue weighted by Crippen LogP contribution is -2.53. The molecule has 0 bridgehead atoms. The Morgan fingerprint density at radius 1 is 1.14 bits per heavy atom. The molecule has 2 fully saturated rings. The number of nitrogens with one attached hydrogen (secondary N) is 1. The van der Waals surface area contributed by atoms with Crippen molar-refractivity contribution in [3.63, 3.8) is 0 Å². The highest BCUT2D eigenvalue weighted by Crippen LogP contribution is 2.31. The van der Waals surface area contributed by atoms with Crippen LogP contribution < -0.4 is 5.32 Å². The molecule has 0 amide bonds. The van der Waals surface area contributed by atoms with Gasteiger partial charge in [0, 0.05) is 31.7 Å². The number of rotatable bonds is 5. The summed E-state index contributed by atoms with van der Waals surface area (Å²) in [5.74, 6) is 0.941. The molecule has 1 aromatic carbocycles. The van der Waals surface area contributed by atoms with Gasteiger partial charge in [-0.1, -0.05) is 56.5 Å². The molecule has 2 atom stereocenters. The van der Waals surface area contributed by atoms with Gasteiger partial charge in [0.15, 0.2) is 0 Å². The normalized spacial score (nSPS) is 28.0. The van der Waals surface area contributed by atoms with Crippen LogP contribution in [0.25, 0.3) is 0 Å². The quantitative estimate of drug-likeness (QED) is 0.880. The fourth-order valence-corrected chi connectivity index (χ4v) is 4.15. The van der Waals surface area contributed by atoms with E-state index in [1.165, 1.54) is 57.2 Å². The topological polar surface area (TPSA) is 15.3 Å². The van der Waals surface area contributed by atoms with Gasteiger partial charge in [0.25, 0.3) is 0 Å². The number of hydrogen-bond acceptors (Lipinski definition) is 2. The molecule has 1 heterocycles. The Kier molecular flexibility index (Phi) is 5.32. The summed E-state index contributed by atoms with van der Waals surface area (Å²) in [6, 6.07) is 12.3. The zero-order chi connectivity index (χ0) is 14.5. The SMILES string of the molecule is CCCC1CN(CC2CCCC2)C(c2ccccc2)CN1. The molecule has 116 valence electrons. The largest absolute Gasteiger partial charge is 0.311 e. The van der Waals surface area contributed by atoms with Crippen LogP contribution in [0.3, 0.4) is 0 Å². The number of nitrogens with zero attached hydrogens (tertiary/aromatic N) is 1. The number of hydrogen-bond donors (Lipinski definition) is 1. The summed E-state index contributed by atoms with van der Waals surface area (Å²) in [5.41, 5.74) is 1.48. The van der Waals surface area contributed by atoms with Crippen LogP contribution in [-0.4, -0.2) is 30.6 Å². The Hall–Kier alpha value is -0.860. The Balaban J connectivity index is 1.70. The first-order valence-corrected chi connectivity index (χ1v) is 8.89. The summed E-state index contributed by atoms with van der Waals surface area (Å²) in [7, 11) is 0. The summed E-state index contributed by atoms with van der Waals surface area (Å²) in [4.78, 5) is 2.78. The van der Waals surface area contributed by atoms with Gasteiger partial charge >= 0.3 is 0 Å². The van der Waals surface area contributed by atoms with Crippen molar-refractivity contribution in [2.75, 3.05) is 19.6 Å². The minimum atomic E-state index is 0.569. The van der Waals surface area contributed by atoms with E-state index in [4.69, 9.17) is 0 Å². The van der Waals surface area contributed by atoms with Gasteiger partial charge in [-0.15, -0.1) is 0 Å². The van der Waals surface area contributed by atoms with E-state index < -0.39 is 0 Å². The van der Waals surface area contributed by atoms with E-state index in [1.807, 2.05) is 0 Å². The molecule has 0 radical (unpaired) electrons. The van der Waals surface area contributed by atoms with Crippen molar-refractivity contribution in [2.24, 2.45) is 5.92 Å². The number of benzene rings is 1. The van der Waals surface area contributed by atoms with Gasteiger partial charge in [-0.2, -0.15) is 0 Å². The first kappa shape index (κ1) is 15.1. The third-order valence-corrected chi connectivity index (χ3v) is 5.28. The van der Waals surface area contributed by atoms with Crippen molar-refractivity contribution >= 4 is 0 Å². The van der Waals surface area contributed by atoms with Crippen LogP contribution in [0.2, 0.25) is 0 Å². The van der Waals surface area contributed by atoms with Crippen LogP contribution in [0, 0.1) is 5.92 Å². The molecule has 21 heavy (non-hydrogen) atoms. The van der Waals surface area contributed by atoms with Gasteiger partial charge in [0.2, 0.25) is 0 Å². The van der Waals surface area contributed by atoms with E-state index in [-0.39, 0.29) is 0 Å². The minimum absolute atomic E-state index is 0.569. The number of piperazine rings is 1. The second-order valence-electron chi connectivity index (χ2n) is 6.92. The van der Waals surface area contributed by atoms with Gasteiger partial charge in [0.1, 0.15) is 0 Å². The molecule has 1 saturated heterocycles. The van der Waals surface area contributed by atoms with Crippen molar-refractivity contribution in [2.45, 2.75) is 57.5 Å². The molecule has 1 aromatic rings. The van der Waals surface area contributed by atoms with Crippen molar-refractivity contribution in [3.05, 3.63) is 35.9 Å². The van der Waals surface area contributed by atoms with Crippen molar-refractivity contribution in [3.8, 4) is 0 Å². The molecule has 1 aliphatic carbocycles. The van der Waals surface area contributed by atoms with E-state index in [0.29, 0.717) is 12.1 Å². The van der Waals surface area contributed by atoms with E-state index in [1.54, 1.807) is 0 Å². The molecule has 1 N–H and O–H groups in total. The van der Waals surface area contributed by atoms with Crippen LogP contribution in [0.4, 0.5) is 0 Å². The second kappa shape index (κ2) is 7.42.